The van der Waals surface area contributed by atoms with Crippen molar-refractivity contribution >= 4 is 5.69 Å². The fourth-order valence-electron chi connectivity index (χ4n) is 2.97. The van der Waals surface area contributed by atoms with Crippen molar-refractivity contribution in [3.8, 4) is 11.3 Å². The Kier molecular flexibility index (Phi) is 5.43. The highest BCUT2D eigenvalue weighted by atomic mass is 16.6. The molecule has 0 aliphatic heterocycles. The van der Waals surface area contributed by atoms with Crippen LogP contribution in [0, 0.1) is 17.0 Å². The number of hydrogen-bond acceptors (Lipinski definition) is 4. The summed E-state index contributed by atoms with van der Waals surface area (Å²) in [6, 6.07) is 15.0. The van der Waals surface area contributed by atoms with Gasteiger partial charge in [0.1, 0.15) is 0 Å². The summed E-state index contributed by atoms with van der Waals surface area (Å²) >= 11 is 0. The Morgan fingerprint density at radius 1 is 1.19 bits per heavy atom. The lowest BCUT2D eigenvalue weighted by atomic mass is 10.1. The van der Waals surface area contributed by atoms with Crippen LogP contribution in [-0.2, 0) is 20.0 Å². The molecular formula is C20H22N4O2. The normalized spacial score (nSPS) is 10.8. The van der Waals surface area contributed by atoms with E-state index in [2.05, 4.69) is 41.6 Å². The Labute approximate surface area is 152 Å². The van der Waals surface area contributed by atoms with E-state index in [1.54, 1.807) is 16.8 Å². The van der Waals surface area contributed by atoms with Crippen LogP contribution in [0.2, 0.25) is 0 Å². The van der Waals surface area contributed by atoms with E-state index in [9.17, 15) is 10.1 Å². The molecule has 0 unspecified atom stereocenters. The molecule has 0 aliphatic carbocycles. The zero-order chi connectivity index (χ0) is 18.5. The van der Waals surface area contributed by atoms with Gasteiger partial charge in [-0.3, -0.25) is 14.8 Å². The minimum atomic E-state index is -0.393. The van der Waals surface area contributed by atoms with Gasteiger partial charge in [0.15, 0.2) is 0 Å². The van der Waals surface area contributed by atoms with Gasteiger partial charge in [0, 0.05) is 43.0 Å². The lowest BCUT2D eigenvalue weighted by molar-refractivity contribution is -0.384. The number of nitrogens with one attached hydrogen (secondary N) is 1. The molecule has 1 aromatic heterocycles. The quantitative estimate of drug-likeness (QED) is 0.401. The third-order valence-electron chi connectivity index (χ3n) is 4.24. The first kappa shape index (κ1) is 17.8. The van der Waals surface area contributed by atoms with Gasteiger partial charge < -0.3 is 5.32 Å². The summed E-state index contributed by atoms with van der Waals surface area (Å²) in [5.41, 5.74) is 5.49. The maximum atomic E-state index is 10.8. The summed E-state index contributed by atoms with van der Waals surface area (Å²) < 4.78 is 1.77. The Bertz CT molecular complexity index is 900. The molecule has 0 fully saturated rings. The van der Waals surface area contributed by atoms with Crippen LogP contribution >= 0.6 is 0 Å². The lowest BCUT2D eigenvalue weighted by Crippen LogP contribution is -2.16. The van der Waals surface area contributed by atoms with Crippen LogP contribution in [0.25, 0.3) is 11.3 Å². The van der Waals surface area contributed by atoms with Gasteiger partial charge in [-0.15, -0.1) is 0 Å². The van der Waals surface area contributed by atoms with Gasteiger partial charge in [-0.1, -0.05) is 29.8 Å². The van der Waals surface area contributed by atoms with Gasteiger partial charge in [-0.2, -0.15) is 5.10 Å². The first-order chi connectivity index (χ1) is 12.5. The van der Waals surface area contributed by atoms with E-state index in [1.807, 2.05) is 13.2 Å². The molecule has 0 atom stereocenters. The van der Waals surface area contributed by atoms with Gasteiger partial charge in [0.2, 0.25) is 0 Å². The van der Waals surface area contributed by atoms with Crippen molar-refractivity contribution in [3.63, 3.8) is 0 Å². The van der Waals surface area contributed by atoms with Crippen LogP contribution in [0.5, 0.6) is 0 Å². The van der Waals surface area contributed by atoms with Crippen molar-refractivity contribution in [1.82, 2.24) is 15.1 Å². The van der Waals surface area contributed by atoms with Gasteiger partial charge >= 0.3 is 0 Å². The second kappa shape index (κ2) is 7.93. The molecule has 0 bridgehead atoms. The number of aryl methyl sites for hydroxylation is 2. The largest absolute Gasteiger partial charge is 0.312 e. The molecule has 134 valence electrons. The van der Waals surface area contributed by atoms with Crippen LogP contribution in [0.15, 0.2) is 54.7 Å². The number of nitrogens with zero attached hydrogens (tertiary/aromatic N) is 3. The molecule has 3 rings (SSSR count). The van der Waals surface area contributed by atoms with Crippen LogP contribution in [0.3, 0.4) is 0 Å². The smallest absolute Gasteiger partial charge is 0.269 e. The summed E-state index contributed by atoms with van der Waals surface area (Å²) in [6.07, 6.45) is 2.95. The fraction of sp³-hybridized carbons (Fsp3) is 0.250. The summed E-state index contributed by atoms with van der Waals surface area (Å²) in [7, 11) is 1.88. The highest BCUT2D eigenvalue weighted by Crippen LogP contribution is 2.24. The molecule has 0 aliphatic rings. The first-order valence-corrected chi connectivity index (χ1v) is 8.56. The number of nitro benzene ring substituents is 1. The molecule has 1 N–H and O–H groups in total. The van der Waals surface area contributed by atoms with Crippen LogP contribution < -0.4 is 5.32 Å². The Balaban J connectivity index is 1.64. The van der Waals surface area contributed by atoms with E-state index >= 15 is 0 Å². The molecule has 0 radical (unpaired) electrons. The van der Waals surface area contributed by atoms with E-state index in [1.165, 1.54) is 23.3 Å². The lowest BCUT2D eigenvalue weighted by Gasteiger charge is -2.06. The van der Waals surface area contributed by atoms with Gasteiger partial charge in [0.25, 0.3) is 5.69 Å². The highest BCUT2D eigenvalue weighted by Gasteiger charge is 2.12. The third-order valence-corrected chi connectivity index (χ3v) is 4.24. The fourth-order valence-corrected chi connectivity index (χ4v) is 2.97. The maximum Gasteiger partial charge on any atom is 0.269 e. The third kappa shape index (κ3) is 4.34. The SMILES string of the molecule is Cc1cccc(CCNCc2cn(C)nc2-c2ccc([N+](=O)[O-])cc2)c1. The second-order valence-electron chi connectivity index (χ2n) is 6.40. The summed E-state index contributed by atoms with van der Waals surface area (Å²) in [4.78, 5) is 10.4. The molecule has 6 heteroatoms. The molecule has 1 heterocycles. The van der Waals surface area contributed by atoms with E-state index < -0.39 is 4.92 Å². The van der Waals surface area contributed by atoms with Gasteiger partial charge in [-0.05, 0) is 37.6 Å². The van der Waals surface area contributed by atoms with Gasteiger partial charge in [0.05, 0.1) is 10.6 Å². The molecule has 2 aromatic carbocycles. The minimum absolute atomic E-state index is 0.0857. The standard InChI is InChI=1S/C20H22N4O2/c1-15-4-3-5-16(12-15)10-11-21-13-18-14-23(2)22-20(18)17-6-8-19(9-7-17)24(25)26/h3-9,12,14,21H,10-11,13H2,1-2H3. The topological polar surface area (TPSA) is 73.0 Å². The Morgan fingerprint density at radius 2 is 1.96 bits per heavy atom. The molecule has 26 heavy (non-hydrogen) atoms. The molecule has 0 amide bonds. The highest BCUT2D eigenvalue weighted by molar-refractivity contribution is 5.64. The van der Waals surface area contributed by atoms with Crippen molar-refractivity contribution in [2.45, 2.75) is 19.9 Å². The average molecular weight is 350 g/mol. The van der Waals surface area contributed by atoms with Crippen molar-refractivity contribution in [2.75, 3.05) is 6.54 Å². The van der Waals surface area contributed by atoms with Crippen LogP contribution in [-0.4, -0.2) is 21.2 Å². The van der Waals surface area contributed by atoms with Gasteiger partial charge in [-0.25, -0.2) is 0 Å². The van der Waals surface area contributed by atoms with Crippen molar-refractivity contribution in [2.24, 2.45) is 7.05 Å². The number of benzene rings is 2. The number of aromatic nitrogens is 2. The number of hydrogen-bond donors (Lipinski definition) is 1. The van der Waals surface area contributed by atoms with E-state index in [-0.39, 0.29) is 5.69 Å². The summed E-state index contributed by atoms with van der Waals surface area (Å²) in [6.45, 7) is 3.67. The zero-order valence-corrected chi connectivity index (χ0v) is 15.0. The number of nitro groups is 1. The monoisotopic (exact) mass is 350 g/mol. The zero-order valence-electron chi connectivity index (χ0n) is 15.0. The van der Waals surface area contributed by atoms with E-state index in [0.717, 1.165) is 29.8 Å². The summed E-state index contributed by atoms with van der Waals surface area (Å²) in [5.74, 6) is 0. The average Bonchev–Trinajstić information content (AvgIpc) is 2.99. The van der Waals surface area contributed by atoms with Crippen molar-refractivity contribution in [1.29, 1.82) is 0 Å². The number of rotatable bonds is 7. The van der Waals surface area contributed by atoms with Crippen molar-refractivity contribution < 1.29 is 4.92 Å². The number of non-ortho nitro benzene ring substituents is 1. The predicted molar refractivity (Wildman–Crippen MR) is 102 cm³/mol. The Morgan fingerprint density at radius 3 is 2.65 bits per heavy atom. The second-order valence-corrected chi connectivity index (χ2v) is 6.40. The Hall–Kier alpha value is -2.99. The van der Waals surface area contributed by atoms with E-state index in [4.69, 9.17) is 0 Å². The molecule has 0 saturated carbocycles. The molecule has 3 aromatic rings. The molecule has 0 saturated heterocycles. The molecule has 6 nitrogen and oxygen atoms in total. The first-order valence-electron chi connectivity index (χ1n) is 8.56. The van der Waals surface area contributed by atoms with Crippen LogP contribution in [0.4, 0.5) is 5.69 Å². The molecule has 0 spiro atoms. The molecular weight excluding hydrogens is 328 g/mol. The predicted octanol–water partition coefficient (Wildman–Crippen LogP) is 3.64. The maximum absolute atomic E-state index is 10.8. The minimum Gasteiger partial charge on any atom is -0.312 e. The van der Waals surface area contributed by atoms with Crippen molar-refractivity contribution in [3.05, 3.63) is 81.5 Å². The van der Waals surface area contributed by atoms with E-state index in [0.29, 0.717) is 6.54 Å². The van der Waals surface area contributed by atoms with Crippen LogP contribution in [0.1, 0.15) is 16.7 Å². The summed E-state index contributed by atoms with van der Waals surface area (Å²) in [5, 5.41) is 18.8.